The summed E-state index contributed by atoms with van der Waals surface area (Å²) in [6.45, 7) is 1.08. The van der Waals surface area contributed by atoms with Crippen LogP contribution in [-0.2, 0) is 4.79 Å². The van der Waals surface area contributed by atoms with Gasteiger partial charge >= 0.3 is 0 Å². The fraction of sp³-hybridized carbons (Fsp3) is 0.333. The maximum Gasteiger partial charge on any atom is 0.300 e. The molecule has 0 aliphatic carbocycles. The number of nitrogens with two attached hydrogens (primary N) is 2. The van der Waals surface area contributed by atoms with E-state index < -0.39 is 5.97 Å². The molecule has 0 aromatic heterocycles. The number of thiocarbonyl (C=S) groups is 1. The summed E-state index contributed by atoms with van der Waals surface area (Å²) in [5.74, 6) is 3.82. The first-order chi connectivity index (χ1) is 4.00. The van der Waals surface area contributed by atoms with Crippen molar-refractivity contribution < 1.29 is 9.90 Å². The van der Waals surface area contributed by atoms with Crippen LogP contribution in [0.2, 0.25) is 0 Å². The molecule has 0 radical (unpaired) electrons. The van der Waals surface area contributed by atoms with Crippen molar-refractivity contribution in [2.24, 2.45) is 11.6 Å². The standard InChI is InChI=1S/C2H4O2.CH5N3S/c1-2(3)4;2-1(5)4-3/h1H3,(H,3,4);3H2,(H3,2,4,5). The summed E-state index contributed by atoms with van der Waals surface area (Å²) in [5, 5.41) is 7.53. The molecule has 0 saturated heterocycles. The van der Waals surface area contributed by atoms with Crippen molar-refractivity contribution in [2.45, 2.75) is 6.92 Å². The zero-order chi connectivity index (χ0) is 7.86. The Morgan fingerprint density at radius 3 is 1.89 bits per heavy atom. The number of rotatable bonds is 0. The molecule has 0 amide bonds. The third kappa shape index (κ3) is 149. The predicted octanol–water partition coefficient (Wildman–Crippen LogP) is -1.22. The Morgan fingerprint density at radius 1 is 1.78 bits per heavy atom. The highest BCUT2D eigenvalue weighted by atomic mass is 32.1. The molecule has 6 N–H and O–H groups in total. The smallest absolute Gasteiger partial charge is 0.300 e. The first kappa shape index (κ1) is 11.0. The Kier molecular flexibility index (Phi) is 8.69. The summed E-state index contributed by atoms with van der Waals surface area (Å²) in [7, 11) is 0. The minimum Gasteiger partial charge on any atom is -0.481 e. The molecule has 0 aliphatic heterocycles. The van der Waals surface area contributed by atoms with Crippen molar-refractivity contribution in [2.75, 3.05) is 0 Å². The minimum absolute atomic E-state index is 0.116. The highest BCUT2D eigenvalue weighted by molar-refractivity contribution is 7.80. The molecular weight excluding hydrogens is 142 g/mol. The van der Waals surface area contributed by atoms with Crippen LogP contribution < -0.4 is 17.0 Å². The molecule has 6 heteroatoms. The summed E-state index contributed by atoms with van der Waals surface area (Å²) in [5.41, 5.74) is 6.82. The van der Waals surface area contributed by atoms with E-state index in [1.54, 1.807) is 0 Å². The van der Waals surface area contributed by atoms with Crippen LogP contribution in [0.25, 0.3) is 0 Å². The molecule has 0 spiro atoms. The topological polar surface area (TPSA) is 101 Å². The van der Waals surface area contributed by atoms with Crippen LogP contribution in [0.4, 0.5) is 0 Å². The summed E-state index contributed by atoms with van der Waals surface area (Å²) in [6, 6.07) is 0. The molecule has 0 aromatic carbocycles. The zero-order valence-electron chi connectivity index (χ0n) is 4.92. The summed E-state index contributed by atoms with van der Waals surface area (Å²) in [6.07, 6.45) is 0. The van der Waals surface area contributed by atoms with Crippen molar-refractivity contribution in [3.8, 4) is 0 Å². The van der Waals surface area contributed by atoms with Crippen LogP contribution in [0.1, 0.15) is 6.92 Å². The largest absolute Gasteiger partial charge is 0.481 e. The molecule has 0 rings (SSSR count). The Bertz CT molecular complexity index is 101. The second-order valence-corrected chi connectivity index (χ2v) is 1.47. The van der Waals surface area contributed by atoms with Gasteiger partial charge in [0.05, 0.1) is 0 Å². The van der Waals surface area contributed by atoms with Crippen molar-refractivity contribution in [3.05, 3.63) is 0 Å². The highest BCUT2D eigenvalue weighted by Crippen LogP contribution is 1.42. The average Bonchev–Trinajstić information content (AvgIpc) is 1.65. The zero-order valence-corrected chi connectivity index (χ0v) is 5.73. The van der Waals surface area contributed by atoms with E-state index in [9.17, 15) is 0 Å². The van der Waals surface area contributed by atoms with Gasteiger partial charge in [-0.2, -0.15) is 0 Å². The molecule has 0 aliphatic rings. The van der Waals surface area contributed by atoms with Gasteiger partial charge in [-0.3, -0.25) is 4.79 Å². The minimum atomic E-state index is -0.833. The van der Waals surface area contributed by atoms with Crippen molar-refractivity contribution >= 4 is 23.3 Å². The van der Waals surface area contributed by atoms with E-state index in [0.29, 0.717) is 0 Å². The highest BCUT2D eigenvalue weighted by Gasteiger charge is 1.66. The molecular formula is C3H9N3O2S. The van der Waals surface area contributed by atoms with E-state index >= 15 is 0 Å². The summed E-state index contributed by atoms with van der Waals surface area (Å²) >= 11 is 4.24. The average molecular weight is 151 g/mol. The van der Waals surface area contributed by atoms with Gasteiger partial charge < -0.3 is 16.3 Å². The van der Waals surface area contributed by atoms with Gasteiger partial charge in [-0.25, -0.2) is 5.84 Å². The van der Waals surface area contributed by atoms with Gasteiger partial charge in [-0.1, -0.05) is 0 Å². The number of nitrogens with one attached hydrogen (secondary N) is 1. The molecule has 9 heavy (non-hydrogen) atoms. The third-order valence-electron chi connectivity index (χ3n) is 0.142. The molecule has 0 fully saturated rings. The lowest BCUT2D eigenvalue weighted by Crippen LogP contribution is -2.34. The number of carboxylic acid groups (broad SMARTS) is 1. The van der Waals surface area contributed by atoms with Gasteiger partial charge in [0.2, 0.25) is 0 Å². The first-order valence-corrected chi connectivity index (χ1v) is 2.37. The molecule has 0 bridgehead atoms. The monoisotopic (exact) mass is 151 g/mol. The second-order valence-electron chi connectivity index (χ2n) is 1.03. The third-order valence-corrected chi connectivity index (χ3v) is 0.260. The predicted molar refractivity (Wildman–Crippen MR) is 37.4 cm³/mol. The fourth-order valence-corrected chi connectivity index (χ4v) is 0. The van der Waals surface area contributed by atoms with E-state index in [2.05, 4.69) is 18.1 Å². The van der Waals surface area contributed by atoms with E-state index in [0.717, 1.165) is 6.92 Å². The Morgan fingerprint density at radius 2 is 1.89 bits per heavy atom. The summed E-state index contributed by atoms with van der Waals surface area (Å²) < 4.78 is 0. The van der Waals surface area contributed by atoms with Gasteiger partial charge in [0.15, 0.2) is 5.11 Å². The molecule has 0 unspecified atom stereocenters. The normalized spacial score (nSPS) is 6.44. The maximum atomic E-state index is 9.00. The van der Waals surface area contributed by atoms with Crippen LogP contribution in [0.5, 0.6) is 0 Å². The Hall–Kier alpha value is -0.880. The lowest BCUT2D eigenvalue weighted by Gasteiger charge is -1.85. The van der Waals surface area contributed by atoms with Crippen molar-refractivity contribution in [1.82, 2.24) is 5.43 Å². The van der Waals surface area contributed by atoms with Crippen LogP contribution >= 0.6 is 12.2 Å². The second kappa shape index (κ2) is 7.12. The number of hydrogen-bond donors (Lipinski definition) is 4. The van der Waals surface area contributed by atoms with Gasteiger partial charge in [0.1, 0.15) is 0 Å². The van der Waals surface area contributed by atoms with Crippen LogP contribution in [0, 0.1) is 0 Å². The molecule has 5 nitrogen and oxygen atoms in total. The van der Waals surface area contributed by atoms with Gasteiger partial charge in [-0.15, -0.1) is 0 Å². The van der Waals surface area contributed by atoms with E-state index in [1.807, 2.05) is 5.43 Å². The molecule has 54 valence electrons. The molecule has 0 heterocycles. The number of aliphatic carboxylic acids is 1. The van der Waals surface area contributed by atoms with E-state index in [-0.39, 0.29) is 5.11 Å². The number of carboxylic acids is 1. The van der Waals surface area contributed by atoms with Crippen LogP contribution in [-0.4, -0.2) is 16.2 Å². The molecule has 0 aromatic rings. The SMILES string of the molecule is CC(=O)O.NNC(N)=S. The first-order valence-electron chi connectivity index (χ1n) is 1.96. The van der Waals surface area contributed by atoms with Gasteiger partial charge in [-0.05, 0) is 12.2 Å². The van der Waals surface area contributed by atoms with Crippen molar-refractivity contribution in [3.63, 3.8) is 0 Å². The number of carbonyl (C=O) groups is 1. The summed E-state index contributed by atoms with van der Waals surface area (Å²) in [4.78, 5) is 9.00. The maximum absolute atomic E-state index is 9.00. The van der Waals surface area contributed by atoms with Gasteiger partial charge in [0.25, 0.3) is 5.97 Å². The van der Waals surface area contributed by atoms with Gasteiger partial charge in [0, 0.05) is 6.92 Å². The van der Waals surface area contributed by atoms with Crippen LogP contribution in [0.15, 0.2) is 0 Å². The lowest BCUT2D eigenvalue weighted by atomic mass is 10.9. The quantitative estimate of drug-likeness (QED) is 0.197. The van der Waals surface area contributed by atoms with E-state index in [4.69, 9.17) is 15.6 Å². The molecule has 0 saturated carbocycles. The number of hydrogen-bond acceptors (Lipinski definition) is 3. The Balaban J connectivity index is 0. The molecule has 0 atom stereocenters. The van der Waals surface area contributed by atoms with Crippen LogP contribution in [0.3, 0.4) is 0 Å². The number of hydrazine groups is 1. The van der Waals surface area contributed by atoms with Crippen molar-refractivity contribution in [1.29, 1.82) is 0 Å². The fourth-order valence-electron chi connectivity index (χ4n) is 0. The Labute approximate surface area is 58.0 Å². The van der Waals surface area contributed by atoms with E-state index in [1.165, 1.54) is 0 Å². The lowest BCUT2D eigenvalue weighted by molar-refractivity contribution is -0.134.